The summed E-state index contributed by atoms with van der Waals surface area (Å²) in [6.45, 7) is 0. The molecule has 1 rings (SSSR count). The Kier molecular flexibility index (Phi) is 3.48. The number of hydrogen-bond acceptors (Lipinski definition) is 5. The molecule has 0 radical (unpaired) electrons. The highest BCUT2D eigenvalue weighted by molar-refractivity contribution is 7.91. The van der Waals surface area contributed by atoms with E-state index in [0.717, 1.165) is 7.11 Å². The Labute approximate surface area is 89.9 Å². The predicted molar refractivity (Wildman–Crippen MR) is 47.4 cm³/mol. The van der Waals surface area contributed by atoms with Gasteiger partial charge in [-0.1, -0.05) is 0 Å². The number of nitrogens with one attached hydrogen (secondary N) is 1. The van der Waals surface area contributed by atoms with E-state index in [-0.39, 0.29) is 0 Å². The molecule has 0 aromatic rings. The number of sulfone groups is 1. The second kappa shape index (κ2) is 4.21. The quantitative estimate of drug-likeness (QED) is 0.643. The molecular formula is C7H10F3NO4S. The Bertz CT molecular complexity index is 378. The number of alkyl halides is 3. The second-order valence-corrected chi connectivity index (χ2v) is 5.57. The van der Waals surface area contributed by atoms with Crippen LogP contribution in [0.4, 0.5) is 13.2 Å². The molecule has 1 heterocycles. The molecule has 1 aliphatic heterocycles. The van der Waals surface area contributed by atoms with E-state index in [1.54, 1.807) is 0 Å². The highest BCUT2D eigenvalue weighted by Crippen LogP contribution is 2.24. The van der Waals surface area contributed by atoms with Crippen molar-refractivity contribution in [1.82, 2.24) is 5.32 Å². The van der Waals surface area contributed by atoms with Crippen LogP contribution in [0.1, 0.15) is 0 Å². The van der Waals surface area contributed by atoms with Crippen molar-refractivity contribution in [2.45, 2.75) is 18.3 Å². The van der Waals surface area contributed by atoms with Gasteiger partial charge in [0.25, 0.3) is 0 Å². The Balaban J connectivity index is 2.90. The fraction of sp³-hybridized carbons (Fsp3) is 0.857. The maximum Gasteiger partial charge on any atom is 0.404 e. The minimum Gasteiger partial charge on any atom is -0.468 e. The van der Waals surface area contributed by atoms with Gasteiger partial charge in [-0.05, 0) is 0 Å². The highest BCUT2D eigenvalue weighted by atomic mass is 32.2. The lowest BCUT2D eigenvalue weighted by Crippen LogP contribution is -2.60. The number of carbonyl (C=O) groups excluding carboxylic acids is 1. The first-order valence-electron chi connectivity index (χ1n) is 4.27. The van der Waals surface area contributed by atoms with Gasteiger partial charge in [0.2, 0.25) is 0 Å². The van der Waals surface area contributed by atoms with Crippen LogP contribution in [0, 0.1) is 0 Å². The maximum absolute atomic E-state index is 12.3. The standard InChI is InChI=1S/C7H10F3NO4S/c1-15-6(12)4-2-16(13,14)3-5(11-4)7(8,9)10/h4-5,11H,2-3H2,1H3. The molecule has 5 nitrogen and oxygen atoms in total. The van der Waals surface area contributed by atoms with Gasteiger partial charge in [-0.25, -0.2) is 8.42 Å². The Morgan fingerprint density at radius 1 is 1.38 bits per heavy atom. The number of carbonyl (C=O) groups is 1. The van der Waals surface area contributed by atoms with Gasteiger partial charge in [0.05, 0.1) is 18.6 Å². The van der Waals surface area contributed by atoms with Gasteiger partial charge in [0.15, 0.2) is 9.84 Å². The molecular weight excluding hydrogens is 251 g/mol. The van der Waals surface area contributed by atoms with Crippen LogP contribution in [0.2, 0.25) is 0 Å². The third-order valence-corrected chi connectivity index (χ3v) is 3.81. The largest absolute Gasteiger partial charge is 0.468 e. The van der Waals surface area contributed by atoms with Crippen LogP contribution in [0.3, 0.4) is 0 Å². The molecule has 0 spiro atoms. The van der Waals surface area contributed by atoms with Crippen LogP contribution in [0.5, 0.6) is 0 Å². The van der Waals surface area contributed by atoms with Crippen LogP contribution in [-0.4, -0.2) is 51.3 Å². The fourth-order valence-electron chi connectivity index (χ4n) is 1.38. The molecule has 2 unspecified atom stereocenters. The summed E-state index contributed by atoms with van der Waals surface area (Å²) in [5, 5.41) is 1.92. The fourth-order valence-corrected chi connectivity index (χ4v) is 3.05. The molecule has 1 fully saturated rings. The van der Waals surface area contributed by atoms with Crippen molar-refractivity contribution in [2.75, 3.05) is 18.6 Å². The molecule has 16 heavy (non-hydrogen) atoms. The van der Waals surface area contributed by atoms with Crippen molar-refractivity contribution in [3.8, 4) is 0 Å². The molecule has 1 saturated heterocycles. The van der Waals surface area contributed by atoms with E-state index in [0.29, 0.717) is 0 Å². The molecule has 2 atom stereocenters. The average molecular weight is 261 g/mol. The molecule has 0 aliphatic carbocycles. The SMILES string of the molecule is COC(=O)C1CS(=O)(=O)CC(C(F)(F)F)N1. The van der Waals surface area contributed by atoms with Crippen molar-refractivity contribution in [3.05, 3.63) is 0 Å². The molecule has 9 heteroatoms. The second-order valence-electron chi connectivity index (χ2n) is 3.41. The van der Waals surface area contributed by atoms with Crippen LogP contribution >= 0.6 is 0 Å². The van der Waals surface area contributed by atoms with Gasteiger partial charge in [0, 0.05) is 0 Å². The zero-order valence-corrected chi connectivity index (χ0v) is 9.06. The van der Waals surface area contributed by atoms with Crippen LogP contribution < -0.4 is 5.32 Å². The van der Waals surface area contributed by atoms with Gasteiger partial charge < -0.3 is 4.74 Å². The summed E-state index contributed by atoms with van der Waals surface area (Å²) < 4.78 is 63.6. The Hall–Kier alpha value is -0.830. The van der Waals surface area contributed by atoms with Crippen molar-refractivity contribution in [1.29, 1.82) is 0 Å². The zero-order chi connectivity index (χ0) is 12.6. The molecule has 0 aromatic carbocycles. The Morgan fingerprint density at radius 3 is 2.38 bits per heavy atom. The lowest BCUT2D eigenvalue weighted by Gasteiger charge is -2.30. The summed E-state index contributed by atoms with van der Waals surface area (Å²) in [5.41, 5.74) is 0. The topological polar surface area (TPSA) is 72.5 Å². The number of esters is 1. The summed E-state index contributed by atoms with van der Waals surface area (Å²) in [7, 11) is -2.92. The smallest absolute Gasteiger partial charge is 0.404 e. The number of halogens is 3. The molecule has 94 valence electrons. The first-order valence-corrected chi connectivity index (χ1v) is 6.09. The lowest BCUT2D eigenvalue weighted by molar-refractivity contribution is -0.158. The lowest BCUT2D eigenvalue weighted by atomic mass is 10.2. The van der Waals surface area contributed by atoms with Crippen LogP contribution in [0.15, 0.2) is 0 Å². The summed E-state index contributed by atoms with van der Waals surface area (Å²) in [6.07, 6.45) is -4.71. The van der Waals surface area contributed by atoms with Crippen molar-refractivity contribution >= 4 is 15.8 Å². The normalized spacial score (nSPS) is 29.8. The van der Waals surface area contributed by atoms with E-state index in [4.69, 9.17) is 0 Å². The highest BCUT2D eigenvalue weighted by Gasteiger charge is 2.48. The monoisotopic (exact) mass is 261 g/mol. The first-order chi connectivity index (χ1) is 7.15. The maximum atomic E-state index is 12.3. The number of hydrogen-bond donors (Lipinski definition) is 1. The number of rotatable bonds is 1. The predicted octanol–water partition coefficient (Wildman–Crippen LogP) is -0.523. The summed E-state index contributed by atoms with van der Waals surface area (Å²) in [6, 6.07) is -3.69. The molecule has 0 saturated carbocycles. The Morgan fingerprint density at radius 2 is 1.94 bits per heavy atom. The van der Waals surface area contributed by atoms with Crippen molar-refractivity contribution in [2.24, 2.45) is 0 Å². The van der Waals surface area contributed by atoms with E-state index >= 15 is 0 Å². The van der Waals surface area contributed by atoms with Gasteiger partial charge in [0.1, 0.15) is 12.1 Å². The van der Waals surface area contributed by atoms with E-state index in [1.807, 2.05) is 5.32 Å². The number of methoxy groups -OCH3 is 1. The van der Waals surface area contributed by atoms with Crippen LogP contribution in [-0.2, 0) is 19.4 Å². The van der Waals surface area contributed by atoms with E-state index in [9.17, 15) is 26.4 Å². The minimum atomic E-state index is -4.71. The van der Waals surface area contributed by atoms with Gasteiger partial charge in [-0.3, -0.25) is 10.1 Å². The number of ether oxygens (including phenoxy) is 1. The molecule has 1 N–H and O–H groups in total. The zero-order valence-electron chi connectivity index (χ0n) is 8.24. The van der Waals surface area contributed by atoms with Gasteiger partial charge in [-0.2, -0.15) is 13.2 Å². The average Bonchev–Trinajstić information content (AvgIpc) is 2.12. The third kappa shape index (κ3) is 3.08. The minimum absolute atomic E-state index is 0.674. The van der Waals surface area contributed by atoms with Crippen molar-refractivity contribution < 1.29 is 31.1 Å². The van der Waals surface area contributed by atoms with E-state index < -0.39 is 45.6 Å². The molecule has 0 bridgehead atoms. The van der Waals surface area contributed by atoms with Crippen molar-refractivity contribution in [3.63, 3.8) is 0 Å². The van der Waals surface area contributed by atoms with E-state index in [2.05, 4.69) is 4.74 Å². The van der Waals surface area contributed by atoms with E-state index in [1.165, 1.54) is 0 Å². The summed E-state index contributed by atoms with van der Waals surface area (Å²) in [5.74, 6) is -2.74. The van der Waals surface area contributed by atoms with Gasteiger partial charge in [-0.15, -0.1) is 0 Å². The molecule has 1 aliphatic rings. The van der Waals surface area contributed by atoms with Crippen LogP contribution in [0.25, 0.3) is 0 Å². The summed E-state index contributed by atoms with van der Waals surface area (Å²) in [4.78, 5) is 11.0. The molecule has 0 aromatic heterocycles. The first kappa shape index (κ1) is 13.2. The summed E-state index contributed by atoms with van der Waals surface area (Å²) >= 11 is 0. The third-order valence-electron chi connectivity index (χ3n) is 2.12. The van der Waals surface area contributed by atoms with Gasteiger partial charge >= 0.3 is 12.1 Å². The molecule has 0 amide bonds.